The maximum absolute atomic E-state index is 6.11. The van der Waals surface area contributed by atoms with Gasteiger partial charge >= 0.3 is 0 Å². The van der Waals surface area contributed by atoms with E-state index in [1.807, 2.05) is 37.4 Å². The van der Waals surface area contributed by atoms with E-state index in [4.69, 9.17) is 9.47 Å². The van der Waals surface area contributed by atoms with Crippen LogP contribution >= 0.6 is 22.6 Å². The first-order valence-corrected chi connectivity index (χ1v) is 10.4. The summed E-state index contributed by atoms with van der Waals surface area (Å²) in [6.45, 7) is 7.20. The molecule has 0 fully saturated rings. The Kier molecular flexibility index (Phi) is 7.09. The number of ether oxygens (including phenoxy) is 2. The summed E-state index contributed by atoms with van der Waals surface area (Å²) < 4.78 is 13.0. The zero-order valence-corrected chi connectivity index (χ0v) is 18.6. The molecule has 3 nitrogen and oxygen atoms in total. The Bertz CT molecular complexity index is 965. The molecule has 3 aromatic carbocycles. The fourth-order valence-electron chi connectivity index (χ4n) is 2.76. The van der Waals surface area contributed by atoms with Gasteiger partial charge in [0.1, 0.15) is 6.61 Å². The molecule has 0 unspecified atom stereocenters. The highest BCUT2D eigenvalue weighted by atomic mass is 127. The molecule has 0 aliphatic heterocycles. The summed E-state index contributed by atoms with van der Waals surface area (Å²) in [5, 5.41) is 0. The Balaban J connectivity index is 1.83. The normalized spacial score (nSPS) is 11.0. The molecule has 0 spiro atoms. The lowest BCUT2D eigenvalue weighted by Gasteiger charge is -2.15. The maximum atomic E-state index is 6.11. The van der Waals surface area contributed by atoms with E-state index in [9.17, 15) is 0 Å². The first kappa shape index (κ1) is 20.4. The largest absolute Gasteiger partial charge is 0.490 e. The van der Waals surface area contributed by atoms with E-state index in [-0.39, 0.29) is 0 Å². The number of rotatable bonds is 7. The van der Waals surface area contributed by atoms with Crippen LogP contribution in [0.3, 0.4) is 0 Å². The molecule has 0 radical (unpaired) electrons. The molecule has 0 heterocycles. The first-order valence-electron chi connectivity index (χ1n) is 9.31. The summed E-state index contributed by atoms with van der Waals surface area (Å²) in [7, 11) is 0. The molecular formula is C24H24INO2. The molecule has 144 valence electrons. The van der Waals surface area contributed by atoms with E-state index in [2.05, 4.69) is 77.8 Å². The Labute approximate surface area is 180 Å². The van der Waals surface area contributed by atoms with Crippen molar-refractivity contribution in [3.8, 4) is 11.5 Å². The number of aliphatic imine (C=N–C) groups is 1. The van der Waals surface area contributed by atoms with Crippen LogP contribution in [0, 0.1) is 17.4 Å². The number of hydrogen-bond acceptors (Lipinski definition) is 3. The third-order valence-electron chi connectivity index (χ3n) is 4.30. The molecule has 0 saturated carbocycles. The van der Waals surface area contributed by atoms with Gasteiger partial charge in [0, 0.05) is 6.21 Å². The second kappa shape index (κ2) is 9.73. The minimum atomic E-state index is 0.507. The van der Waals surface area contributed by atoms with E-state index in [1.165, 1.54) is 5.56 Å². The van der Waals surface area contributed by atoms with Crippen LogP contribution < -0.4 is 9.47 Å². The Morgan fingerprint density at radius 3 is 2.43 bits per heavy atom. The number of para-hydroxylation sites is 1. The van der Waals surface area contributed by atoms with Crippen LogP contribution in [0.1, 0.15) is 29.2 Å². The molecule has 4 heteroatoms. The van der Waals surface area contributed by atoms with Crippen LogP contribution in [0.15, 0.2) is 65.7 Å². The van der Waals surface area contributed by atoms with E-state index in [1.54, 1.807) is 0 Å². The van der Waals surface area contributed by atoms with E-state index < -0.39 is 0 Å². The van der Waals surface area contributed by atoms with Gasteiger partial charge in [-0.25, -0.2) is 0 Å². The van der Waals surface area contributed by atoms with Gasteiger partial charge < -0.3 is 9.47 Å². The molecule has 0 saturated heterocycles. The average molecular weight is 485 g/mol. The van der Waals surface area contributed by atoms with Crippen LogP contribution in [-0.2, 0) is 6.61 Å². The lowest BCUT2D eigenvalue weighted by Crippen LogP contribution is -2.02. The van der Waals surface area contributed by atoms with Gasteiger partial charge in [-0.1, -0.05) is 48.0 Å². The number of halogens is 1. The molecule has 3 aromatic rings. The highest BCUT2D eigenvalue weighted by molar-refractivity contribution is 14.1. The molecule has 3 rings (SSSR count). The topological polar surface area (TPSA) is 30.8 Å². The molecule has 28 heavy (non-hydrogen) atoms. The van der Waals surface area contributed by atoms with Gasteiger partial charge in [0.05, 0.1) is 15.9 Å². The SMILES string of the molecule is CCOc1cc(C=Nc2ccccc2C)cc(I)c1OCc1ccc(C)cc1. The Morgan fingerprint density at radius 2 is 1.71 bits per heavy atom. The average Bonchev–Trinajstić information content (AvgIpc) is 2.68. The maximum Gasteiger partial charge on any atom is 0.175 e. The van der Waals surface area contributed by atoms with Crippen LogP contribution in [0.4, 0.5) is 5.69 Å². The van der Waals surface area contributed by atoms with Gasteiger partial charge in [-0.05, 0) is 78.3 Å². The van der Waals surface area contributed by atoms with Crippen LogP contribution in [0.2, 0.25) is 0 Å². The smallest absolute Gasteiger partial charge is 0.175 e. The highest BCUT2D eigenvalue weighted by Gasteiger charge is 2.12. The monoisotopic (exact) mass is 485 g/mol. The molecule has 0 atom stereocenters. The minimum Gasteiger partial charge on any atom is -0.490 e. The van der Waals surface area contributed by atoms with Gasteiger partial charge in [-0.15, -0.1) is 0 Å². The van der Waals surface area contributed by atoms with Crippen molar-refractivity contribution in [2.24, 2.45) is 4.99 Å². The molecule has 0 N–H and O–H groups in total. The summed E-state index contributed by atoms with van der Waals surface area (Å²) in [5.41, 5.74) is 5.48. The molecule has 0 aliphatic carbocycles. The predicted molar refractivity (Wildman–Crippen MR) is 124 cm³/mol. The van der Waals surface area contributed by atoms with Crippen molar-refractivity contribution in [1.29, 1.82) is 0 Å². The van der Waals surface area contributed by atoms with Crippen LogP contribution in [0.5, 0.6) is 11.5 Å². The predicted octanol–water partition coefficient (Wildman–Crippen LogP) is 6.64. The van der Waals surface area contributed by atoms with Crippen LogP contribution in [0.25, 0.3) is 0 Å². The van der Waals surface area contributed by atoms with Crippen molar-refractivity contribution < 1.29 is 9.47 Å². The number of aryl methyl sites for hydroxylation is 2. The second-order valence-corrected chi connectivity index (χ2v) is 7.74. The summed E-state index contributed by atoms with van der Waals surface area (Å²) >= 11 is 2.29. The fourth-order valence-corrected chi connectivity index (χ4v) is 3.54. The quantitative estimate of drug-likeness (QED) is 0.278. The zero-order valence-electron chi connectivity index (χ0n) is 16.4. The van der Waals surface area contributed by atoms with Crippen molar-refractivity contribution in [2.75, 3.05) is 6.61 Å². The van der Waals surface area contributed by atoms with E-state index >= 15 is 0 Å². The van der Waals surface area contributed by atoms with Crippen molar-refractivity contribution in [3.63, 3.8) is 0 Å². The zero-order chi connectivity index (χ0) is 19.9. The van der Waals surface area contributed by atoms with Crippen molar-refractivity contribution >= 4 is 34.5 Å². The standard InChI is InChI=1S/C24H24INO2/c1-4-27-23-14-20(15-26-22-8-6-5-7-18(22)3)13-21(25)24(23)28-16-19-11-9-17(2)10-12-19/h5-15H,4,16H2,1-3H3. The highest BCUT2D eigenvalue weighted by Crippen LogP contribution is 2.34. The van der Waals surface area contributed by atoms with Crippen molar-refractivity contribution in [3.05, 3.63) is 86.5 Å². The van der Waals surface area contributed by atoms with Crippen LogP contribution in [-0.4, -0.2) is 12.8 Å². The van der Waals surface area contributed by atoms with Gasteiger partial charge in [0.2, 0.25) is 0 Å². The van der Waals surface area contributed by atoms with E-state index in [0.29, 0.717) is 13.2 Å². The third-order valence-corrected chi connectivity index (χ3v) is 5.10. The summed E-state index contributed by atoms with van der Waals surface area (Å²) in [6, 6.07) is 20.5. The third kappa shape index (κ3) is 5.35. The second-order valence-electron chi connectivity index (χ2n) is 6.58. The lowest BCUT2D eigenvalue weighted by atomic mass is 10.1. The lowest BCUT2D eigenvalue weighted by molar-refractivity contribution is 0.267. The minimum absolute atomic E-state index is 0.507. The number of nitrogens with zero attached hydrogens (tertiary/aromatic N) is 1. The Morgan fingerprint density at radius 1 is 0.964 bits per heavy atom. The summed E-state index contributed by atoms with van der Waals surface area (Å²) in [6.07, 6.45) is 1.87. The van der Waals surface area contributed by atoms with Gasteiger partial charge in [0.15, 0.2) is 11.5 Å². The van der Waals surface area contributed by atoms with E-state index in [0.717, 1.165) is 37.4 Å². The van der Waals surface area contributed by atoms with Crippen molar-refractivity contribution in [1.82, 2.24) is 0 Å². The summed E-state index contributed by atoms with van der Waals surface area (Å²) in [4.78, 5) is 4.63. The van der Waals surface area contributed by atoms with Gasteiger partial charge in [0.25, 0.3) is 0 Å². The van der Waals surface area contributed by atoms with Crippen molar-refractivity contribution in [2.45, 2.75) is 27.4 Å². The number of hydrogen-bond donors (Lipinski definition) is 0. The fraction of sp³-hybridized carbons (Fsp3) is 0.208. The van der Waals surface area contributed by atoms with Gasteiger partial charge in [-0.2, -0.15) is 0 Å². The van der Waals surface area contributed by atoms with Gasteiger partial charge in [-0.3, -0.25) is 4.99 Å². The molecule has 0 aliphatic rings. The molecule has 0 aromatic heterocycles. The molecule has 0 bridgehead atoms. The summed E-state index contributed by atoms with van der Waals surface area (Å²) in [5.74, 6) is 1.52. The molecule has 0 amide bonds. The first-order chi connectivity index (χ1) is 13.6. The molecular weight excluding hydrogens is 461 g/mol. The Hall–Kier alpha value is -2.34. The number of benzene rings is 3.